The Labute approximate surface area is 200 Å². The van der Waals surface area contributed by atoms with Crippen LogP contribution >= 0.6 is 0 Å². The standard InChI is InChI=1S/C27H31N3O4/c1-33-25-18-24(12-13-28-25)34-20-23(31)19-29-14-16-30(17-15-29)27(32)26(21-8-4-2-5-9-21)22-10-6-3-7-11-22/h2-13,18,23,26,31H,14-17,19-20H2,1H3. The Morgan fingerprint density at radius 3 is 2.18 bits per heavy atom. The molecular weight excluding hydrogens is 430 g/mol. The van der Waals surface area contributed by atoms with Crippen LogP contribution in [0, 0.1) is 0 Å². The van der Waals surface area contributed by atoms with Gasteiger partial charge in [-0.2, -0.15) is 0 Å². The van der Waals surface area contributed by atoms with E-state index in [0.29, 0.717) is 44.4 Å². The highest BCUT2D eigenvalue weighted by molar-refractivity contribution is 5.87. The molecular formula is C27H31N3O4. The van der Waals surface area contributed by atoms with Gasteiger partial charge >= 0.3 is 0 Å². The van der Waals surface area contributed by atoms with Gasteiger partial charge in [-0.15, -0.1) is 0 Å². The second-order valence-corrected chi connectivity index (χ2v) is 8.38. The molecule has 0 spiro atoms. The summed E-state index contributed by atoms with van der Waals surface area (Å²) in [6.07, 6.45) is 0.970. The van der Waals surface area contributed by atoms with Crippen molar-refractivity contribution < 1.29 is 19.4 Å². The molecule has 0 saturated carbocycles. The van der Waals surface area contributed by atoms with E-state index in [1.165, 1.54) is 0 Å². The van der Waals surface area contributed by atoms with Crippen LogP contribution in [0.5, 0.6) is 11.6 Å². The zero-order chi connectivity index (χ0) is 23.8. The van der Waals surface area contributed by atoms with Crippen LogP contribution in [0.4, 0.5) is 0 Å². The Hall–Kier alpha value is -3.42. The molecule has 178 valence electrons. The molecule has 0 aliphatic carbocycles. The van der Waals surface area contributed by atoms with Crippen LogP contribution in [-0.2, 0) is 4.79 Å². The predicted octanol–water partition coefficient (Wildman–Crippen LogP) is 2.81. The molecule has 1 fully saturated rings. The predicted molar refractivity (Wildman–Crippen MR) is 130 cm³/mol. The number of rotatable bonds is 9. The molecule has 1 amide bonds. The van der Waals surface area contributed by atoms with Crippen LogP contribution in [-0.4, -0.2) is 78.3 Å². The molecule has 1 saturated heterocycles. The van der Waals surface area contributed by atoms with Crippen molar-refractivity contribution in [3.8, 4) is 11.6 Å². The van der Waals surface area contributed by atoms with Crippen molar-refractivity contribution in [1.29, 1.82) is 0 Å². The van der Waals surface area contributed by atoms with Gasteiger partial charge in [0.05, 0.1) is 13.0 Å². The first-order valence-corrected chi connectivity index (χ1v) is 11.6. The van der Waals surface area contributed by atoms with Crippen LogP contribution in [0.15, 0.2) is 79.0 Å². The molecule has 3 aromatic rings. The number of β-amino-alcohol motifs (C(OH)–C–C–N with tert-alkyl or cyclic N) is 1. The molecule has 1 atom stereocenters. The number of piperazine rings is 1. The number of ether oxygens (including phenoxy) is 2. The number of methoxy groups -OCH3 is 1. The van der Waals surface area contributed by atoms with E-state index in [9.17, 15) is 9.90 Å². The van der Waals surface area contributed by atoms with Crippen molar-refractivity contribution in [1.82, 2.24) is 14.8 Å². The Bertz CT molecular complexity index is 1000. The largest absolute Gasteiger partial charge is 0.491 e. The summed E-state index contributed by atoms with van der Waals surface area (Å²) in [5, 5.41) is 10.5. The lowest BCUT2D eigenvalue weighted by atomic mass is 9.90. The molecule has 34 heavy (non-hydrogen) atoms. The fourth-order valence-corrected chi connectivity index (χ4v) is 4.24. The van der Waals surface area contributed by atoms with Crippen molar-refractivity contribution in [2.75, 3.05) is 46.4 Å². The molecule has 4 rings (SSSR count). The lowest BCUT2D eigenvalue weighted by molar-refractivity contribution is -0.133. The van der Waals surface area contributed by atoms with Gasteiger partial charge in [0, 0.05) is 45.0 Å². The number of carbonyl (C=O) groups excluding carboxylic acids is 1. The molecule has 2 aromatic carbocycles. The van der Waals surface area contributed by atoms with Crippen molar-refractivity contribution in [3.05, 3.63) is 90.1 Å². The molecule has 1 aromatic heterocycles. The number of hydrogen-bond acceptors (Lipinski definition) is 6. The number of pyridine rings is 1. The normalized spacial score (nSPS) is 15.2. The van der Waals surface area contributed by atoms with Gasteiger partial charge in [0.2, 0.25) is 11.8 Å². The number of aromatic nitrogens is 1. The Kier molecular flexibility index (Phi) is 8.12. The summed E-state index contributed by atoms with van der Waals surface area (Å²) in [5.41, 5.74) is 2.00. The van der Waals surface area contributed by atoms with Crippen molar-refractivity contribution >= 4 is 5.91 Å². The highest BCUT2D eigenvalue weighted by atomic mass is 16.5. The number of amides is 1. The lowest BCUT2D eigenvalue weighted by Crippen LogP contribution is -2.52. The van der Waals surface area contributed by atoms with Gasteiger partial charge in [-0.1, -0.05) is 60.7 Å². The van der Waals surface area contributed by atoms with Gasteiger partial charge < -0.3 is 19.5 Å². The minimum Gasteiger partial charge on any atom is -0.491 e. The zero-order valence-electron chi connectivity index (χ0n) is 19.4. The second kappa shape index (κ2) is 11.6. The van der Waals surface area contributed by atoms with Gasteiger partial charge in [0.1, 0.15) is 18.5 Å². The average molecular weight is 462 g/mol. The molecule has 1 aliphatic heterocycles. The summed E-state index contributed by atoms with van der Waals surface area (Å²) in [6, 6.07) is 23.3. The van der Waals surface area contributed by atoms with E-state index in [0.717, 1.165) is 11.1 Å². The number of carbonyl (C=O) groups is 1. The third-order valence-corrected chi connectivity index (χ3v) is 6.02. The third-order valence-electron chi connectivity index (χ3n) is 6.02. The first-order chi connectivity index (χ1) is 16.6. The lowest BCUT2D eigenvalue weighted by Gasteiger charge is -2.37. The zero-order valence-corrected chi connectivity index (χ0v) is 19.4. The van der Waals surface area contributed by atoms with Crippen LogP contribution in [0.3, 0.4) is 0 Å². The van der Waals surface area contributed by atoms with Crippen molar-refractivity contribution in [2.24, 2.45) is 0 Å². The molecule has 0 bridgehead atoms. The molecule has 1 aliphatic rings. The van der Waals surface area contributed by atoms with Crippen molar-refractivity contribution in [3.63, 3.8) is 0 Å². The maximum absolute atomic E-state index is 13.6. The molecule has 2 heterocycles. The van der Waals surface area contributed by atoms with Crippen LogP contribution in [0.25, 0.3) is 0 Å². The fraction of sp³-hybridized carbons (Fsp3) is 0.333. The summed E-state index contributed by atoms with van der Waals surface area (Å²) in [4.78, 5) is 21.7. The summed E-state index contributed by atoms with van der Waals surface area (Å²) in [5.74, 6) is 0.879. The summed E-state index contributed by atoms with van der Waals surface area (Å²) in [6.45, 7) is 3.35. The van der Waals surface area contributed by atoms with Gasteiger partial charge in [-0.3, -0.25) is 9.69 Å². The van der Waals surface area contributed by atoms with E-state index in [1.54, 1.807) is 25.4 Å². The van der Waals surface area contributed by atoms with Crippen LogP contribution in [0.1, 0.15) is 17.0 Å². The Morgan fingerprint density at radius 2 is 1.59 bits per heavy atom. The summed E-state index contributed by atoms with van der Waals surface area (Å²) in [7, 11) is 1.55. The summed E-state index contributed by atoms with van der Waals surface area (Å²) < 4.78 is 10.8. The minimum atomic E-state index is -0.636. The SMILES string of the molecule is COc1cc(OCC(O)CN2CCN(C(=O)C(c3ccccc3)c3ccccc3)CC2)ccn1. The molecule has 7 heteroatoms. The molecule has 7 nitrogen and oxygen atoms in total. The number of aliphatic hydroxyl groups excluding tert-OH is 1. The quantitative estimate of drug-likeness (QED) is 0.528. The van der Waals surface area contributed by atoms with Gasteiger partial charge in [-0.05, 0) is 17.2 Å². The monoisotopic (exact) mass is 461 g/mol. The number of aliphatic hydroxyl groups is 1. The van der Waals surface area contributed by atoms with Crippen LogP contribution in [0.2, 0.25) is 0 Å². The van der Waals surface area contributed by atoms with E-state index in [-0.39, 0.29) is 18.4 Å². The topological polar surface area (TPSA) is 75.1 Å². The number of nitrogens with zero attached hydrogens (tertiary/aromatic N) is 3. The third kappa shape index (κ3) is 6.12. The Morgan fingerprint density at radius 1 is 0.971 bits per heavy atom. The maximum atomic E-state index is 13.6. The molecule has 1 N–H and O–H groups in total. The maximum Gasteiger partial charge on any atom is 0.234 e. The molecule has 1 unspecified atom stereocenters. The van der Waals surface area contributed by atoms with E-state index < -0.39 is 6.10 Å². The summed E-state index contributed by atoms with van der Waals surface area (Å²) >= 11 is 0. The van der Waals surface area contributed by atoms with E-state index in [2.05, 4.69) is 9.88 Å². The first-order valence-electron chi connectivity index (χ1n) is 11.6. The first kappa shape index (κ1) is 23.7. The number of hydrogen-bond donors (Lipinski definition) is 1. The van der Waals surface area contributed by atoms with E-state index in [4.69, 9.17) is 9.47 Å². The Balaban J connectivity index is 1.31. The average Bonchev–Trinajstić information content (AvgIpc) is 2.89. The smallest absolute Gasteiger partial charge is 0.234 e. The fourth-order valence-electron chi connectivity index (χ4n) is 4.24. The number of benzene rings is 2. The van der Waals surface area contributed by atoms with Crippen LogP contribution < -0.4 is 9.47 Å². The van der Waals surface area contributed by atoms with Crippen molar-refractivity contribution in [2.45, 2.75) is 12.0 Å². The van der Waals surface area contributed by atoms with Gasteiger partial charge in [0.25, 0.3) is 0 Å². The van der Waals surface area contributed by atoms with E-state index >= 15 is 0 Å². The second-order valence-electron chi connectivity index (χ2n) is 8.38. The highest BCUT2D eigenvalue weighted by Crippen LogP contribution is 2.27. The minimum absolute atomic E-state index is 0.118. The van der Waals surface area contributed by atoms with Gasteiger partial charge in [0.15, 0.2) is 0 Å². The molecule has 0 radical (unpaired) electrons. The highest BCUT2D eigenvalue weighted by Gasteiger charge is 2.30. The van der Waals surface area contributed by atoms with E-state index in [1.807, 2.05) is 65.6 Å². The van der Waals surface area contributed by atoms with Gasteiger partial charge in [-0.25, -0.2) is 4.98 Å².